The van der Waals surface area contributed by atoms with Crippen LogP contribution in [0.1, 0.15) is 42.4 Å². The minimum Gasteiger partial charge on any atom is -0.452 e. The van der Waals surface area contributed by atoms with Crippen molar-refractivity contribution >= 4 is 11.9 Å². The van der Waals surface area contributed by atoms with Crippen molar-refractivity contribution in [2.24, 2.45) is 0 Å². The Bertz CT molecular complexity index is 1110. The van der Waals surface area contributed by atoms with Crippen LogP contribution in [0.15, 0.2) is 65.6 Å². The fourth-order valence-electron chi connectivity index (χ4n) is 3.28. The van der Waals surface area contributed by atoms with Crippen molar-refractivity contribution in [1.82, 2.24) is 14.5 Å². The topological polar surface area (TPSA) is 84.4 Å². The summed E-state index contributed by atoms with van der Waals surface area (Å²) in [6.45, 7) is 7.72. The maximum absolute atomic E-state index is 12.8. The first-order chi connectivity index (χ1) is 14.7. The van der Waals surface area contributed by atoms with Crippen LogP contribution in [0.2, 0.25) is 0 Å². The number of esters is 1. The lowest BCUT2D eigenvalue weighted by atomic mass is 10.0. The van der Waals surface area contributed by atoms with Gasteiger partial charge in [0.15, 0.2) is 6.61 Å². The SMILES string of the molecule is Cc1c[nH]c(=O)n1-c1ccc(C(=O)OCC(=O)N(Cc2ccccc2)C(C)(C)C)cc1. The highest BCUT2D eigenvalue weighted by Gasteiger charge is 2.27. The molecule has 1 heterocycles. The van der Waals surface area contributed by atoms with Crippen molar-refractivity contribution in [2.75, 3.05) is 6.61 Å². The highest BCUT2D eigenvalue weighted by Crippen LogP contribution is 2.18. The van der Waals surface area contributed by atoms with Crippen LogP contribution in [0.3, 0.4) is 0 Å². The second kappa shape index (κ2) is 9.04. The van der Waals surface area contributed by atoms with Crippen LogP contribution in [-0.4, -0.2) is 38.5 Å². The first kappa shape index (κ1) is 22.1. The number of rotatable bonds is 6. The van der Waals surface area contributed by atoms with Gasteiger partial charge in [0.05, 0.1) is 11.3 Å². The standard InChI is InChI=1S/C24H27N3O4/c1-17-14-25-23(30)27(17)20-12-10-19(11-13-20)22(29)31-16-21(28)26(24(2,3)4)15-18-8-6-5-7-9-18/h5-14H,15-16H2,1-4H3,(H,25,30). The highest BCUT2D eigenvalue weighted by molar-refractivity contribution is 5.91. The first-order valence-electron chi connectivity index (χ1n) is 10.1. The molecule has 0 fully saturated rings. The van der Waals surface area contributed by atoms with E-state index in [1.54, 1.807) is 35.4 Å². The van der Waals surface area contributed by atoms with Crippen molar-refractivity contribution in [3.8, 4) is 5.69 Å². The summed E-state index contributed by atoms with van der Waals surface area (Å²) in [4.78, 5) is 41.5. The third kappa shape index (κ3) is 5.31. The average molecular weight is 421 g/mol. The summed E-state index contributed by atoms with van der Waals surface area (Å²) in [7, 11) is 0. The number of hydrogen-bond donors (Lipinski definition) is 1. The molecule has 1 amide bonds. The minimum atomic E-state index is -0.591. The van der Waals surface area contributed by atoms with Gasteiger partial charge in [-0.2, -0.15) is 0 Å². The molecule has 2 aromatic carbocycles. The Labute approximate surface area is 181 Å². The van der Waals surface area contributed by atoms with Crippen molar-refractivity contribution in [3.63, 3.8) is 0 Å². The third-order valence-electron chi connectivity index (χ3n) is 4.94. The summed E-state index contributed by atoms with van der Waals surface area (Å²) in [6, 6.07) is 16.2. The van der Waals surface area contributed by atoms with Crippen LogP contribution < -0.4 is 5.69 Å². The number of carbonyl (C=O) groups excluding carboxylic acids is 2. The summed E-state index contributed by atoms with van der Waals surface area (Å²) < 4.78 is 6.78. The molecule has 0 saturated heterocycles. The summed E-state index contributed by atoms with van der Waals surface area (Å²) in [6.07, 6.45) is 1.62. The van der Waals surface area contributed by atoms with E-state index in [-0.39, 0.29) is 18.2 Å². The lowest BCUT2D eigenvalue weighted by Gasteiger charge is -2.35. The molecule has 31 heavy (non-hydrogen) atoms. The van der Waals surface area contributed by atoms with Crippen molar-refractivity contribution in [1.29, 1.82) is 0 Å². The highest BCUT2D eigenvalue weighted by atomic mass is 16.5. The predicted molar refractivity (Wildman–Crippen MR) is 118 cm³/mol. The third-order valence-corrected chi connectivity index (χ3v) is 4.94. The molecule has 0 aliphatic rings. The molecule has 3 aromatic rings. The number of aromatic amines is 1. The van der Waals surface area contributed by atoms with Gasteiger partial charge in [0, 0.05) is 24.0 Å². The van der Waals surface area contributed by atoms with E-state index in [1.807, 2.05) is 58.0 Å². The quantitative estimate of drug-likeness (QED) is 0.618. The number of nitrogens with zero attached hydrogens (tertiary/aromatic N) is 2. The van der Waals surface area contributed by atoms with Crippen molar-refractivity contribution in [2.45, 2.75) is 39.8 Å². The zero-order chi connectivity index (χ0) is 22.6. The van der Waals surface area contributed by atoms with E-state index in [4.69, 9.17) is 4.74 Å². The van der Waals surface area contributed by atoms with Gasteiger partial charge in [-0.25, -0.2) is 9.59 Å². The Morgan fingerprint density at radius 1 is 1.03 bits per heavy atom. The van der Waals surface area contributed by atoms with Crippen LogP contribution in [0.5, 0.6) is 0 Å². The molecule has 162 valence electrons. The molecule has 0 radical (unpaired) electrons. The first-order valence-corrected chi connectivity index (χ1v) is 10.1. The van der Waals surface area contributed by atoms with Crippen LogP contribution in [0.4, 0.5) is 0 Å². The van der Waals surface area contributed by atoms with Crippen LogP contribution in [0, 0.1) is 6.92 Å². The van der Waals surface area contributed by atoms with Gasteiger partial charge in [-0.3, -0.25) is 9.36 Å². The number of benzene rings is 2. The Balaban J connectivity index is 1.66. The fourth-order valence-corrected chi connectivity index (χ4v) is 3.28. The lowest BCUT2D eigenvalue weighted by molar-refractivity contribution is -0.140. The molecule has 1 aromatic heterocycles. The molecule has 0 aliphatic carbocycles. The summed E-state index contributed by atoms with van der Waals surface area (Å²) in [5.41, 5.74) is 2.03. The molecule has 1 N–H and O–H groups in total. The van der Waals surface area contributed by atoms with E-state index >= 15 is 0 Å². The molecule has 0 atom stereocenters. The van der Waals surface area contributed by atoms with E-state index < -0.39 is 11.5 Å². The lowest BCUT2D eigenvalue weighted by Crippen LogP contribution is -2.46. The van der Waals surface area contributed by atoms with E-state index in [0.717, 1.165) is 11.3 Å². The van der Waals surface area contributed by atoms with E-state index in [1.165, 1.54) is 4.57 Å². The van der Waals surface area contributed by atoms with E-state index in [9.17, 15) is 14.4 Å². The predicted octanol–water partition coefficient (Wildman–Crippen LogP) is 3.46. The Kier molecular flexibility index (Phi) is 6.44. The smallest absolute Gasteiger partial charge is 0.338 e. The van der Waals surface area contributed by atoms with Crippen LogP contribution in [0.25, 0.3) is 5.69 Å². The number of carbonyl (C=O) groups is 2. The Hall–Kier alpha value is -3.61. The molecule has 0 aliphatic heterocycles. The molecular formula is C24H27N3O4. The van der Waals surface area contributed by atoms with Gasteiger partial charge in [0.25, 0.3) is 5.91 Å². The van der Waals surface area contributed by atoms with Gasteiger partial charge < -0.3 is 14.6 Å². The molecule has 7 nitrogen and oxygen atoms in total. The number of nitrogens with one attached hydrogen (secondary N) is 1. The summed E-state index contributed by atoms with van der Waals surface area (Å²) >= 11 is 0. The number of H-pyrrole nitrogens is 1. The number of hydrogen-bond acceptors (Lipinski definition) is 4. The van der Waals surface area contributed by atoms with Gasteiger partial charge in [-0.1, -0.05) is 30.3 Å². The number of amides is 1. The average Bonchev–Trinajstić information content (AvgIpc) is 3.08. The van der Waals surface area contributed by atoms with Crippen LogP contribution in [-0.2, 0) is 16.1 Å². The molecule has 0 spiro atoms. The second-order valence-corrected chi connectivity index (χ2v) is 8.33. The second-order valence-electron chi connectivity index (χ2n) is 8.33. The van der Waals surface area contributed by atoms with E-state index in [0.29, 0.717) is 17.8 Å². The number of aryl methyl sites for hydroxylation is 1. The minimum absolute atomic E-state index is 0.251. The van der Waals surface area contributed by atoms with Gasteiger partial charge in [-0.05, 0) is 57.5 Å². The molecular weight excluding hydrogens is 394 g/mol. The normalized spacial score (nSPS) is 11.2. The molecule has 0 saturated carbocycles. The number of aromatic nitrogens is 2. The molecule has 0 unspecified atom stereocenters. The number of ether oxygens (including phenoxy) is 1. The largest absolute Gasteiger partial charge is 0.452 e. The maximum atomic E-state index is 12.8. The maximum Gasteiger partial charge on any atom is 0.338 e. The van der Waals surface area contributed by atoms with Gasteiger partial charge in [0.1, 0.15) is 0 Å². The monoisotopic (exact) mass is 421 g/mol. The van der Waals surface area contributed by atoms with E-state index in [2.05, 4.69) is 4.98 Å². The summed E-state index contributed by atoms with van der Waals surface area (Å²) in [5, 5.41) is 0. The van der Waals surface area contributed by atoms with Gasteiger partial charge in [0.2, 0.25) is 0 Å². The number of imidazole rings is 1. The molecule has 7 heteroatoms. The van der Waals surface area contributed by atoms with Crippen molar-refractivity contribution in [3.05, 3.63) is 88.1 Å². The summed E-state index contributed by atoms with van der Waals surface area (Å²) in [5.74, 6) is -0.859. The fraction of sp³-hybridized carbons (Fsp3) is 0.292. The zero-order valence-corrected chi connectivity index (χ0v) is 18.2. The Morgan fingerprint density at radius 3 is 2.23 bits per heavy atom. The molecule has 3 rings (SSSR count). The Morgan fingerprint density at radius 2 is 1.68 bits per heavy atom. The molecule has 0 bridgehead atoms. The van der Waals surface area contributed by atoms with Crippen molar-refractivity contribution < 1.29 is 14.3 Å². The zero-order valence-electron chi connectivity index (χ0n) is 18.2. The van der Waals surface area contributed by atoms with Gasteiger partial charge in [-0.15, -0.1) is 0 Å². The van der Waals surface area contributed by atoms with Gasteiger partial charge >= 0.3 is 11.7 Å². The van der Waals surface area contributed by atoms with Crippen LogP contribution >= 0.6 is 0 Å².